The second-order valence-electron chi connectivity index (χ2n) is 9.12. The van der Waals surface area contributed by atoms with E-state index in [0.717, 1.165) is 35.3 Å². The molecule has 3 N–H and O–H groups in total. The minimum atomic E-state index is -0.577. The lowest BCUT2D eigenvalue weighted by atomic mass is 9.79. The van der Waals surface area contributed by atoms with Crippen molar-refractivity contribution in [1.82, 2.24) is 10.3 Å². The summed E-state index contributed by atoms with van der Waals surface area (Å²) in [7, 11) is 0. The quantitative estimate of drug-likeness (QED) is 0.459. The molecule has 2 aromatic rings. The molecule has 0 radical (unpaired) electrons. The summed E-state index contributed by atoms with van der Waals surface area (Å²) in [5.74, 6) is 0.655. The molecule has 0 bridgehead atoms. The maximum absolute atomic E-state index is 12.8. The highest BCUT2D eigenvalue weighted by Gasteiger charge is 2.51. The third kappa shape index (κ3) is 4.85. The van der Waals surface area contributed by atoms with E-state index >= 15 is 0 Å². The Bertz CT molecular complexity index is 974. The first kappa shape index (κ1) is 22.5. The zero-order valence-corrected chi connectivity index (χ0v) is 19.0. The minimum Gasteiger partial charge on any atom is -0.325 e. The van der Waals surface area contributed by atoms with E-state index in [1.54, 1.807) is 6.20 Å². The van der Waals surface area contributed by atoms with Crippen LogP contribution in [0.3, 0.4) is 0 Å². The molecule has 1 unspecified atom stereocenters. The fourth-order valence-electron chi connectivity index (χ4n) is 4.96. The maximum atomic E-state index is 12.8. The van der Waals surface area contributed by atoms with Gasteiger partial charge in [0.05, 0.1) is 12.0 Å². The van der Waals surface area contributed by atoms with E-state index in [9.17, 15) is 9.59 Å². The average Bonchev–Trinajstić information content (AvgIpc) is 3.30. The van der Waals surface area contributed by atoms with Crippen molar-refractivity contribution in [2.24, 2.45) is 0 Å². The number of pyridine rings is 1. The van der Waals surface area contributed by atoms with Crippen LogP contribution in [0.4, 0.5) is 11.5 Å². The first-order chi connectivity index (χ1) is 15.6. The number of benzene rings is 1. The Morgan fingerprint density at radius 1 is 1.06 bits per heavy atom. The monoisotopic (exact) mass is 434 g/mol. The number of hydrogen-bond donors (Lipinski definition) is 3. The van der Waals surface area contributed by atoms with Gasteiger partial charge in [0.1, 0.15) is 5.82 Å². The SMILES string of the molecule is CCCCCCCCCNCC(=O)Nc1ccc2c(c1)CC1(C2)C(=O)Nc2ncccc21. The van der Waals surface area contributed by atoms with Crippen LogP contribution in [0.5, 0.6) is 0 Å². The maximum Gasteiger partial charge on any atom is 0.238 e. The Balaban J connectivity index is 1.25. The highest BCUT2D eigenvalue weighted by atomic mass is 16.2. The molecule has 1 aromatic carbocycles. The van der Waals surface area contributed by atoms with Gasteiger partial charge in [-0.2, -0.15) is 0 Å². The average molecular weight is 435 g/mol. The van der Waals surface area contributed by atoms with Crippen LogP contribution >= 0.6 is 0 Å². The largest absolute Gasteiger partial charge is 0.325 e. The number of nitrogens with zero attached hydrogens (tertiary/aromatic N) is 1. The Labute approximate surface area is 190 Å². The van der Waals surface area contributed by atoms with Gasteiger partial charge in [0.15, 0.2) is 0 Å². The molecule has 4 rings (SSSR count). The van der Waals surface area contributed by atoms with Gasteiger partial charge in [-0.25, -0.2) is 4.98 Å². The van der Waals surface area contributed by atoms with Crippen molar-refractivity contribution in [2.45, 2.75) is 70.1 Å². The van der Waals surface area contributed by atoms with Crippen LogP contribution in [0, 0.1) is 0 Å². The number of hydrogen-bond acceptors (Lipinski definition) is 4. The number of anilines is 2. The van der Waals surface area contributed by atoms with Crippen LogP contribution in [0.2, 0.25) is 0 Å². The molecule has 6 nitrogen and oxygen atoms in total. The van der Waals surface area contributed by atoms with E-state index in [1.165, 1.54) is 38.5 Å². The molecule has 0 fully saturated rings. The Kier molecular flexibility index (Phi) is 7.20. The van der Waals surface area contributed by atoms with Crippen molar-refractivity contribution in [2.75, 3.05) is 23.7 Å². The predicted octanol–water partition coefficient (Wildman–Crippen LogP) is 4.35. The van der Waals surface area contributed by atoms with Gasteiger partial charge in [0, 0.05) is 17.4 Å². The molecule has 170 valence electrons. The van der Waals surface area contributed by atoms with Crippen LogP contribution in [0.25, 0.3) is 0 Å². The molecule has 6 heteroatoms. The van der Waals surface area contributed by atoms with Crippen molar-refractivity contribution >= 4 is 23.3 Å². The second-order valence-corrected chi connectivity index (χ2v) is 9.12. The van der Waals surface area contributed by atoms with Crippen LogP contribution in [0.1, 0.15) is 68.6 Å². The van der Waals surface area contributed by atoms with E-state index in [1.807, 2.05) is 30.3 Å². The van der Waals surface area contributed by atoms with E-state index in [2.05, 4.69) is 27.9 Å². The highest BCUT2D eigenvalue weighted by molar-refractivity contribution is 6.06. The summed E-state index contributed by atoms with van der Waals surface area (Å²) in [4.78, 5) is 29.5. The van der Waals surface area contributed by atoms with E-state index < -0.39 is 5.41 Å². The molecule has 2 amide bonds. The molecule has 1 spiro atoms. The summed E-state index contributed by atoms with van der Waals surface area (Å²) in [6.45, 7) is 3.42. The molecule has 32 heavy (non-hydrogen) atoms. The number of carbonyl (C=O) groups is 2. The van der Waals surface area contributed by atoms with Gasteiger partial charge in [-0.1, -0.05) is 57.6 Å². The molecule has 0 saturated carbocycles. The first-order valence-corrected chi connectivity index (χ1v) is 12.0. The van der Waals surface area contributed by atoms with Crippen molar-refractivity contribution in [1.29, 1.82) is 0 Å². The summed E-state index contributed by atoms with van der Waals surface area (Å²) in [5, 5.41) is 9.17. The lowest BCUT2D eigenvalue weighted by Crippen LogP contribution is -2.35. The molecular weight excluding hydrogens is 400 g/mol. The van der Waals surface area contributed by atoms with Gasteiger partial charge in [-0.3, -0.25) is 9.59 Å². The number of amides is 2. The van der Waals surface area contributed by atoms with Gasteiger partial charge in [0.2, 0.25) is 11.8 Å². The Morgan fingerprint density at radius 3 is 2.69 bits per heavy atom. The molecule has 1 atom stereocenters. The van der Waals surface area contributed by atoms with E-state index in [4.69, 9.17) is 0 Å². The molecule has 1 aromatic heterocycles. The second kappa shape index (κ2) is 10.3. The molecule has 2 aliphatic rings. The fourth-order valence-corrected chi connectivity index (χ4v) is 4.96. The summed E-state index contributed by atoms with van der Waals surface area (Å²) >= 11 is 0. The van der Waals surface area contributed by atoms with Crippen LogP contribution in [-0.4, -0.2) is 29.9 Å². The fraction of sp³-hybridized carbons (Fsp3) is 0.500. The number of unbranched alkanes of at least 4 members (excludes halogenated alkanes) is 6. The number of aromatic nitrogens is 1. The van der Waals surface area contributed by atoms with E-state index in [0.29, 0.717) is 25.2 Å². The van der Waals surface area contributed by atoms with Gasteiger partial charge >= 0.3 is 0 Å². The Hall–Kier alpha value is -2.73. The molecule has 0 saturated heterocycles. The lowest BCUT2D eigenvalue weighted by molar-refractivity contribution is -0.120. The Morgan fingerprint density at radius 2 is 1.84 bits per heavy atom. The predicted molar refractivity (Wildman–Crippen MR) is 128 cm³/mol. The van der Waals surface area contributed by atoms with Crippen LogP contribution in [0.15, 0.2) is 36.5 Å². The van der Waals surface area contributed by atoms with Crippen molar-refractivity contribution in [3.63, 3.8) is 0 Å². The zero-order chi connectivity index (χ0) is 22.4. The first-order valence-electron chi connectivity index (χ1n) is 12.0. The number of fused-ring (bicyclic) bond motifs is 3. The van der Waals surface area contributed by atoms with Gasteiger partial charge in [0.25, 0.3) is 0 Å². The van der Waals surface area contributed by atoms with Crippen LogP contribution in [-0.2, 0) is 27.8 Å². The highest BCUT2D eigenvalue weighted by Crippen LogP contribution is 2.46. The smallest absolute Gasteiger partial charge is 0.238 e. The summed E-state index contributed by atoms with van der Waals surface area (Å²) < 4.78 is 0. The summed E-state index contributed by atoms with van der Waals surface area (Å²) in [6.07, 6.45) is 11.9. The minimum absolute atomic E-state index is 0.0162. The normalized spacial score (nSPS) is 18.5. The van der Waals surface area contributed by atoms with Gasteiger partial charge in [-0.05, 0) is 55.1 Å². The standard InChI is InChI=1S/C26H34N4O2/c1-2-3-4-5-6-7-8-13-27-18-23(31)29-21-12-11-19-16-26(17-20(19)15-21)22-10-9-14-28-24(22)30-25(26)32/h9-12,14-15,27H,2-8,13,16-18H2,1H3,(H,29,31)(H,28,30,32). The number of nitrogens with one attached hydrogen (secondary N) is 3. The van der Waals surface area contributed by atoms with Crippen molar-refractivity contribution in [3.05, 3.63) is 53.2 Å². The number of carbonyl (C=O) groups excluding carboxylic acids is 2. The van der Waals surface area contributed by atoms with Gasteiger partial charge < -0.3 is 16.0 Å². The topological polar surface area (TPSA) is 83.1 Å². The third-order valence-corrected chi connectivity index (χ3v) is 6.71. The third-order valence-electron chi connectivity index (χ3n) is 6.71. The van der Waals surface area contributed by atoms with Crippen molar-refractivity contribution < 1.29 is 9.59 Å². The van der Waals surface area contributed by atoms with Gasteiger partial charge in [-0.15, -0.1) is 0 Å². The molecule has 1 aliphatic heterocycles. The zero-order valence-electron chi connectivity index (χ0n) is 19.0. The number of rotatable bonds is 11. The van der Waals surface area contributed by atoms with Crippen LogP contribution < -0.4 is 16.0 Å². The summed E-state index contributed by atoms with van der Waals surface area (Å²) in [5.41, 5.74) is 3.46. The molecule has 2 heterocycles. The lowest BCUT2D eigenvalue weighted by Gasteiger charge is -2.20. The van der Waals surface area contributed by atoms with E-state index in [-0.39, 0.29) is 11.8 Å². The van der Waals surface area contributed by atoms with Crippen molar-refractivity contribution in [3.8, 4) is 0 Å². The summed E-state index contributed by atoms with van der Waals surface area (Å²) in [6, 6.07) is 9.86. The molecule has 1 aliphatic carbocycles. The molecular formula is C26H34N4O2.